The third-order valence-corrected chi connectivity index (χ3v) is 4.09. The molecule has 0 aliphatic rings. The van der Waals surface area contributed by atoms with Gasteiger partial charge in [0.05, 0.1) is 11.4 Å². The molecular formula is C18H20N6O2. The first-order valence-electron chi connectivity index (χ1n) is 8.12. The lowest BCUT2D eigenvalue weighted by atomic mass is 10.3. The summed E-state index contributed by atoms with van der Waals surface area (Å²) < 4.78 is 2.53. The lowest BCUT2D eigenvalue weighted by molar-refractivity contribution is 0.250. The molecule has 8 nitrogen and oxygen atoms in total. The van der Waals surface area contributed by atoms with E-state index >= 15 is 0 Å². The zero-order valence-corrected chi connectivity index (χ0v) is 15.1. The van der Waals surface area contributed by atoms with Crippen molar-refractivity contribution in [3.63, 3.8) is 0 Å². The van der Waals surface area contributed by atoms with Crippen LogP contribution in [-0.4, -0.2) is 31.6 Å². The van der Waals surface area contributed by atoms with E-state index in [-0.39, 0.29) is 12.1 Å². The number of aromatic nitrogens is 4. The molecule has 0 saturated carbocycles. The first-order valence-corrected chi connectivity index (χ1v) is 8.12. The third-order valence-electron chi connectivity index (χ3n) is 4.09. The van der Waals surface area contributed by atoms with Gasteiger partial charge in [-0.15, -0.1) is 0 Å². The Morgan fingerprint density at radius 3 is 1.35 bits per heavy atom. The summed E-state index contributed by atoms with van der Waals surface area (Å²) in [6, 6.07) is 6.13. The molecule has 0 saturated heterocycles. The third kappa shape index (κ3) is 3.64. The summed E-state index contributed by atoms with van der Waals surface area (Å²) in [4.78, 5) is 24.3. The first kappa shape index (κ1) is 17.4. The van der Waals surface area contributed by atoms with E-state index in [0.29, 0.717) is 11.4 Å². The van der Waals surface area contributed by atoms with E-state index in [1.165, 1.54) is 9.36 Å². The van der Waals surface area contributed by atoms with Gasteiger partial charge in [0.1, 0.15) is 0 Å². The van der Waals surface area contributed by atoms with Crippen LogP contribution in [-0.2, 0) is 0 Å². The monoisotopic (exact) mass is 352 g/mol. The second-order valence-electron chi connectivity index (χ2n) is 6.12. The molecule has 0 radical (unpaired) electrons. The van der Waals surface area contributed by atoms with E-state index in [0.717, 1.165) is 22.5 Å². The Morgan fingerprint density at radius 1 is 0.731 bits per heavy atom. The number of benzene rings is 1. The van der Waals surface area contributed by atoms with Gasteiger partial charge in [0, 0.05) is 23.8 Å². The number of carbonyl (C=O) groups excluding carboxylic acids is 2. The molecular weight excluding hydrogens is 332 g/mol. The number of amides is 2. The summed E-state index contributed by atoms with van der Waals surface area (Å²) in [6.45, 7) is 7.48. The molecule has 3 aromatic rings. The minimum absolute atomic E-state index is 0.347. The second kappa shape index (κ2) is 6.83. The minimum atomic E-state index is -0.347. The molecule has 3 rings (SSSR count). The molecule has 0 aliphatic heterocycles. The van der Waals surface area contributed by atoms with Gasteiger partial charge in [0.15, 0.2) is 0 Å². The lowest BCUT2D eigenvalue weighted by Gasteiger charge is -2.07. The Hall–Kier alpha value is -3.42. The van der Waals surface area contributed by atoms with Crippen LogP contribution in [0.5, 0.6) is 0 Å². The van der Waals surface area contributed by atoms with Crippen LogP contribution in [0.1, 0.15) is 22.5 Å². The summed E-state index contributed by atoms with van der Waals surface area (Å²) in [6.07, 6.45) is 3.35. The van der Waals surface area contributed by atoms with Gasteiger partial charge in [-0.3, -0.25) is 0 Å². The molecule has 8 heteroatoms. The van der Waals surface area contributed by atoms with Crippen LogP contribution in [0, 0.1) is 27.7 Å². The van der Waals surface area contributed by atoms with Gasteiger partial charge in [0.2, 0.25) is 0 Å². The van der Waals surface area contributed by atoms with Crippen LogP contribution >= 0.6 is 0 Å². The van der Waals surface area contributed by atoms with E-state index in [1.807, 2.05) is 27.7 Å². The number of nitrogens with zero attached hydrogens (tertiary/aromatic N) is 4. The van der Waals surface area contributed by atoms with Gasteiger partial charge < -0.3 is 10.6 Å². The van der Waals surface area contributed by atoms with Crippen molar-refractivity contribution in [2.45, 2.75) is 27.7 Å². The van der Waals surface area contributed by atoms with Crippen LogP contribution in [0.25, 0.3) is 0 Å². The smallest absolute Gasteiger partial charge is 0.306 e. The SMILES string of the molecule is Cc1cn(C(=O)Nc2ccc(NC(=O)n3cc(C)c(C)n3)cc2)nc1C. The largest absolute Gasteiger partial charge is 0.346 e. The highest BCUT2D eigenvalue weighted by Gasteiger charge is 2.10. The number of rotatable bonds is 2. The van der Waals surface area contributed by atoms with Crippen molar-refractivity contribution in [2.24, 2.45) is 0 Å². The number of hydrogen-bond acceptors (Lipinski definition) is 4. The van der Waals surface area contributed by atoms with Gasteiger partial charge in [-0.1, -0.05) is 0 Å². The Kier molecular flexibility index (Phi) is 4.57. The maximum absolute atomic E-state index is 12.2. The highest BCUT2D eigenvalue weighted by molar-refractivity contribution is 5.92. The minimum Gasteiger partial charge on any atom is -0.306 e. The summed E-state index contributed by atoms with van der Waals surface area (Å²) >= 11 is 0. The van der Waals surface area contributed by atoms with Crippen molar-refractivity contribution in [2.75, 3.05) is 10.6 Å². The molecule has 2 aromatic heterocycles. The van der Waals surface area contributed by atoms with Crippen LogP contribution in [0.4, 0.5) is 21.0 Å². The van der Waals surface area contributed by atoms with Gasteiger partial charge >= 0.3 is 12.1 Å². The standard InChI is InChI=1S/C18H20N6O2/c1-11-9-23(21-13(11)3)17(25)19-15-5-7-16(8-6-15)20-18(26)24-10-12(2)14(4)22-24/h5-10H,1-4H3,(H,19,25)(H,20,26). The first-order chi connectivity index (χ1) is 12.3. The Balaban J connectivity index is 1.64. The number of anilines is 2. The van der Waals surface area contributed by atoms with E-state index in [9.17, 15) is 9.59 Å². The molecule has 0 bridgehead atoms. The fourth-order valence-electron chi connectivity index (χ4n) is 2.30. The molecule has 2 N–H and O–H groups in total. The van der Waals surface area contributed by atoms with Crippen LogP contribution in [0.3, 0.4) is 0 Å². The van der Waals surface area contributed by atoms with Crippen molar-refractivity contribution >= 4 is 23.4 Å². The van der Waals surface area contributed by atoms with Crippen molar-refractivity contribution in [1.29, 1.82) is 0 Å². The molecule has 1 aromatic carbocycles. The van der Waals surface area contributed by atoms with Crippen LogP contribution in [0.2, 0.25) is 0 Å². The molecule has 0 fully saturated rings. The normalized spacial score (nSPS) is 10.6. The number of aryl methyl sites for hydroxylation is 4. The molecule has 2 amide bonds. The number of nitrogens with one attached hydrogen (secondary N) is 2. The van der Waals surface area contributed by atoms with Gasteiger partial charge in [-0.25, -0.2) is 9.59 Å². The molecule has 0 spiro atoms. The average Bonchev–Trinajstić information content (AvgIpc) is 3.12. The molecule has 26 heavy (non-hydrogen) atoms. The van der Waals surface area contributed by atoms with Crippen LogP contribution in [0.15, 0.2) is 36.7 Å². The van der Waals surface area contributed by atoms with Crippen LogP contribution < -0.4 is 10.6 Å². The molecule has 2 heterocycles. The quantitative estimate of drug-likeness (QED) is 0.738. The fraction of sp³-hybridized carbons (Fsp3) is 0.222. The van der Waals surface area contributed by atoms with Gasteiger partial charge in [-0.05, 0) is 63.1 Å². The van der Waals surface area contributed by atoms with Gasteiger partial charge in [0.25, 0.3) is 0 Å². The molecule has 134 valence electrons. The maximum Gasteiger partial charge on any atom is 0.346 e. The zero-order chi connectivity index (χ0) is 18.8. The fourth-order valence-corrected chi connectivity index (χ4v) is 2.30. The predicted octanol–water partition coefficient (Wildman–Crippen LogP) is 3.47. The molecule has 0 atom stereocenters. The topological polar surface area (TPSA) is 93.8 Å². The lowest BCUT2D eigenvalue weighted by Crippen LogP contribution is -2.21. The van der Waals surface area contributed by atoms with E-state index in [2.05, 4.69) is 20.8 Å². The van der Waals surface area contributed by atoms with E-state index in [4.69, 9.17) is 0 Å². The van der Waals surface area contributed by atoms with E-state index in [1.54, 1.807) is 36.7 Å². The number of hydrogen-bond donors (Lipinski definition) is 2. The van der Waals surface area contributed by atoms with Crippen molar-refractivity contribution in [1.82, 2.24) is 19.6 Å². The van der Waals surface area contributed by atoms with Gasteiger partial charge in [-0.2, -0.15) is 19.6 Å². The van der Waals surface area contributed by atoms with Crippen molar-refractivity contribution in [3.8, 4) is 0 Å². The Morgan fingerprint density at radius 2 is 1.08 bits per heavy atom. The maximum atomic E-state index is 12.2. The highest BCUT2D eigenvalue weighted by atomic mass is 16.2. The Labute approximate surface area is 150 Å². The molecule has 0 aliphatic carbocycles. The summed E-state index contributed by atoms with van der Waals surface area (Å²) in [5.41, 5.74) is 4.71. The Bertz CT molecular complexity index is 850. The zero-order valence-electron chi connectivity index (χ0n) is 15.1. The number of carbonyl (C=O) groups is 2. The van der Waals surface area contributed by atoms with Crippen molar-refractivity contribution < 1.29 is 9.59 Å². The van der Waals surface area contributed by atoms with Crippen molar-refractivity contribution in [3.05, 3.63) is 59.2 Å². The summed E-state index contributed by atoms with van der Waals surface area (Å²) in [7, 11) is 0. The van der Waals surface area contributed by atoms with E-state index < -0.39 is 0 Å². The highest BCUT2D eigenvalue weighted by Crippen LogP contribution is 2.15. The predicted molar refractivity (Wildman–Crippen MR) is 98.7 cm³/mol. The second-order valence-corrected chi connectivity index (χ2v) is 6.12. The average molecular weight is 352 g/mol. The molecule has 0 unspecified atom stereocenters. The summed E-state index contributed by atoms with van der Waals surface area (Å²) in [5.74, 6) is 0. The summed E-state index contributed by atoms with van der Waals surface area (Å²) in [5, 5.41) is 13.8.